The Balaban J connectivity index is 1.42. The summed E-state index contributed by atoms with van der Waals surface area (Å²) in [7, 11) is 1.53. The van der Waals surface area contributed by atoms with Crippen LogP contribution in [0.2, 0.25) is 0 Å². The van der Waals surface area contributed by atoms with Crippen molar-refractivity contribution in [3.8, 4) is 11.5 Å². The number of hydrogen-bond donors (Lipinski definition) is 1. The van der Waals surface area contributed by atoms with Gasteiger partial charge in [-0.05, 0) is 100 Å². The van der Waals surface area contributed by atoms with Crippen LogP contribution in [0.25, 0.3) is 6.08 Å². The van der Waals surface area contributed by atoms with Gasteiger partial charge in [-0.15, -0.1) is 0 Å². The molecule has 1 N–H and O–H groups in total. The minimum absolute atomic E-state index is 0.226. The molecule has 178 valence electrons. The van der Waals surface area contributed by atoms with Crippen molar-refractivity contribution in [2.45, 2.75) is 6.61 Å². The minimum Gasteiger partial charge on any atom is -0.493 e. The number of nitrogens with zero attached hydrogens (tertiary/aromatic N) is 2. The van der Waals surface area contributed by atoms with Gasteiger partial charge in [0.1, 0.15) is 13.2 Å². The van der Waals surface area contributed by atoms with Gasteiger partial charge >= 0.3 is 0 Å². The van der Waals surface area contributed by atoms with Crippen LogP contribution in [-0.4, -0.2) is 40.6 Å². The second-order valence-electron chi connectivity index (χ2n) is 7.38. The van der Waals surface area contributed by atoms with Gasteiger partial charge in [0.15, 0.2) is 11.5 Å². The Morgan fingerprint density at radius 3 is 2.54 bits per heavy atom. The number of aromatic nitrogens is 1. The van der Waals surface area contributed by atoms with Crippen molar-refractivity contribution in [1.82, 2.24) is 9.88 Å². The van der Waals surface area contributed by atoms with E-state index in [2.05, 4.69) is 32.9 Å². The number of amides is 3. The lowest BCUT2D eigenvalue weighted by atomic mass is 10.2. The molecule has 0 aliphatic carbocycles. The predicted molar refractivity (Wildman–Crippen MR) is 142 cm³/mol. The Labute approximate surface area is 219 Å². The van der Waals surface area contributed by atoms with Crippen LogP contribution in [0.1, 0.15) is 11.1 Å². The number of carbonyl (C=O) groups excluding carboxylic acids is 3. The summed E-state index contributed by atoms with van der Waals surface area (Å²) in [4.78, 5) is 42.7. The van der Waals surface area contributed by atoms with Crippen molar-refractivity contribution in [2.75, 3.05) is 19.0 Å². The van der Waals surface area contributed by atoms with Gasteiger partial charge in [0.05, 0.1) is 12.0 Å². The third-order valence-electron chi connectivity index (χ3n) is 4.93. The van der Waals surface area contributed by atoms with Gasteiger partial charge in [-0.25, -0.2) is 0 Å². The number of rotatable bonds is 8. The smallest absolute Gasteiger partial charge is 0.294 e. The average Bonchev–Trinajstić information content (AvgIpc) is 3.12. The molecule has 3 amide bonds. The fourth-order valence-electron chi connectivity index (χ4n) is 3.20. The second kappa shape index (κ2) is 11.4. The van der Waals surface area contributed by atoms with E-state index >= 15 is 0 Å². The lowest BCUT2D eigenvalue weighted by molar-refractivity contribution is -0.127. The Bertz CT molecular complexity index is 1280. The van der Waals surface area contributed by atoms with Crippen LogP contribution in [0, 0.1) is 3.57 Å². The number of hydrogen-bond acceptors (Lipinski definition) is 7. The van der Waals surface area contributed by atoms with Crippen LogP contribution < -0.4 is 14.8 Å². The maximum atomic E-state index is 12.8. The first kappa shape index (κ1) is 24.7. The van der Waals surface area contributed by atoms with Crippen LogP contribution in [-0.2, 0) is 16.2 Å². The zero-order chi connectivity index (χ0) is 24.8. The molecule has 0 atom stereocenters. The molecule has 1 aromatic heterocycles. The van der Waals surface area contributed by atoms with E-state index in [-0.39, 0.29) is 11.4 Å². The van der Waals surface area contributed by atoms with E-state index < -0.39 is 17.1 Å². The quantitative estimate of drug-likeness (QED) is 0.288. The molecule has 1 fully saturated rings. The molecule has 1 saturated heterocycles. The summed E-state index contributed by atoms with van der Waals surface area (Å²) in [6, 6.07) is 16.2. The highest BCUT2D eigenvalue weighted by Gasteiger charge is 2.36. The van der Waals surface area contributed by atoms with Crippen LogP contribution in [0.3, 0.4) is 0 Å². The van der Waals surface area contributed by atoms with Crippen LogP contribution in [0.15, 0.2) is 71.9 Å². The maximum Gasteiger partial charge on any atom is 0.294 e. The molecule has 10 heteroatoms. The molecule has 4 rings (SSSR count). The van der Waals surface area contributed by atoms with Gasteiger partial charge in [0.2, 0.25) is 5.91 Å². The summed E-state index contributed by atoms with van der Waals surface area (Å²) in [6.07, 6.45) is 4.98. The lowest BCUT2D eigenvalue weighted by Gasteiger charge is -2.12. The number of nitrogens with one attached hydrogen (secondary N) is 1. The summed E-state index contributed by atoms with van der Waals surface area (Å²) in [6.45, 7) is -0.0134. The van der Waals surface area contributed by atoms with Crippen molar-refractivity contribution in [3.63, 3.8) is 0 Å². The highest BCUT2D eigenvalue weighted by Crippen LogP contribution is 2.34. The van der Waals surface area contributed by atoms with E-state index in [0.29, 0.717) is 29.4 Å². The molecule has 0 saturated carbocycles. The molecule has 2 heterocycles. The Hall–Kier alpha value is -3.38. The molecule has 0 spiro atoms. The number of methoxy groups -OCH3 is 1. The Kier molecular flexibility index (Phi) is 8.03. The van der Waals surface area contributed by atoms with E-state index in [1.165, 1.54) is 7.11 Å². The summed E-state index contributed by atoms with van der Waals surface area (Å²) >= 11 is 2.95. The van der Waals surface area contributed by atoms with E-state index in [1.807, 2.05) is 24.3 Å². The van der Waals surface area contributed by atoms with Gasteiger partial charge in [0.25, 0.3) is 11.1 Å². The lowest BCUT2D eigenvalue weighted by Crippen LogP contribution is -2.36. The standard InChI is InChI=1S/C25H20IN3O5S/c1-33-21-12-17(2-7-20(21)34-15-16-8-10-27-11-9-16)13-22-24(31)29(25(32)35-22)14-23(30)28-19-5-3-18(26)4-6-19/h2-13H,14-15H2,1H3,(H,28,30)/b22-13+. The van der Waals surface area contributed by atoms with Gasteiger partial charge in [-0.3, -0.25) is 24.3 Å². The molecule has 35 heavy (non-hydrogen) atoms. The minimum atomic E-state index is -0.519. The van der Waals surface area contributed by atoms with E-state index in [9.17, 15) is 14.4 Å². The summed E-state index contributed by atoms with van der Waals surface area (Å²) in [5, 5.41) is 2.20. The predicted octanol–water partition coefficient (Wildman–Crippen LogP) is 4.95. The number of pyridine rings is 1. The highest BCUT2D eigenvalue weighted by molar-refractivity contribution is 14.1. The SMILES string of the molecule is COc1cc(/C=C2/SC(=O)N(CC(=O)Nc3ccc(I)cc3)C2=O)ccc1OCc1ccncc1. The van der Waals surface area contributed by atoms with Crippen LogP contribution in [0.4, 0.5) is 10.5 Å². The monoisotopic (exact) mass is 601 g/mol. The second-order valence-corrected chi connectivity index (χ2v) is 9.62. The van der Waals surface area contributed by atoms with Gasteiger partial charge < -0.3 is 14.8 Å². The fraction of sp³-hybridized carbons (Fsp3) is 0.120. The number of imide groups is 1. The van der Waals surface area contributed by atoms with Crippen LogP contribution in [0.5, 0.6) is 11.5 Å². The Morgan fingerprint density at radius 2 is 1.83 bits per heavy atom. The number of ether oxygens (including phenoxy) is 2. The number of halogens is 1. The molecule has 1 aliphatic heterocycles. The zero-order valence-electron chi connectivity index (χ0n) is 18.6. The summed E-state index contributed by atoms with van der Waals surface area (Å²) in [5.41, 5.74) is 2.22. The highest BCUT2D eigenvalue weighted by atomic mass is 127. The van der Waals surface area contributed by atoms with Crippen LogP contribution >= 0.6 is 34.4 Å². The molecule has 8 nitrogen and oxygen atoms in total. The molecule has 3 aromatic rings. The summed E-state index contributed by atoms with van der Waals surface area (Å²) in [5.74, 6) is 0.0626. The first-order valence-electron chi connectivity index (χ1n) is 10.4. The molecule has 2 aromatic carbocycles. The largest absolute Gasteiger partial charge is 0.493 e. The Morgan fingerprint density at radius 1 is 1.09 bits per heavy atom. The van der Waals surface area contributed by atoms with Crippen molar-refractivity contribution in [2.24, 2.45) is 0 Å². The summed E-state index contributed by atoms with van der Waals surface area (Å²) < 4.78 is 12.3. The number of thioether (sulfide) groups is 1. The topological polar surface area (TPSA) is 97.8 Å². The van der Waals surface area contributed by atoms with Gasteiger partial charge in [-0.1, -0.05) is 6.07 Å². The normalized spacial score (nSPS) is 14.3. The van der Waals surface area contributed by atoms with E-state index in [4.69, 9.17) is 9.47 Å². The third kappa shape index (κ3) is 6.40. The zero-order valence-corrected chi connectivity index (χ0v) is 21.5. The van der Waals surface area contributed by atoms with Gasteiger partial charge in [0, 0.05) is 21.7 Å². The maximum absolute atomic E-state index is 12.8. The van der Waals surface area contributed by atoms with Crippen molar-refractivity contribution in [1.29, 1.82) is 0 Å². The molecule has 0 unspecified atom stereocenters. The average molecular weight is 601 g/mol. The first-order chi connectivity index (χ1) is 16.9. The van der Waals surface area contributed by atoms with E-state index in [1.54, 1.807) is 48.8 Å². The van der Waals surface area contributed by atoms with Gasteiger partial charge in [-0.2, -0.15) is 0 Å². The molecule has 1 aliphatic rings. The van der Waals surface area contributed by atoms with Crippen molar-refractivity contribution in [3.05, 3.63) is 86.6 Å². The third-order valence-corrected chi connectivity index (χ3v) is 6.56. The first-order valence-corrected chi connectivity index (χ1v) is 12.3. The number of carbonyl (C=O) groups is 3. The van der Waals surface area contributed by atoms with E-state index in [0.717, 1.165) is 25.8 Å². The number of benzene rings is 2. The van der Waals surface area contributed by atoms with Crippen molar-refractivity contribution >= 4 is 63.2 Å². The molecule has 0 bridgehead atoms. The molecular formula is C25H20IN3O5S. The van der Waals surface area contributed by atoms with Crippen molar-refractivity contribution < 1.29 is 23.9 Å². The number of anilines is 1. The molecular weight excluding hydrogens is 581 g/mol. The molecule has 0 radical (unpaired) electrons. The fourth-order valence-corrected chi connectivity index (χ4v) is 4.40.